The van der Waals surface area contributed by atoms with Crippen molar-refractivity contribution in [2.75, 3.05) is 0 Å². The predicted octanol–water partition coefficient (Wildman–Crippen LogP) is 3.45. The molecular weight excluding hydrogens is 349 g/mol. The molecule has 2 aromatic heterocycles. The highest BCUT2D eigenvalue weighted by Gasteiger charge is 2.17. The molecule has 3 aromatic rings. The summed E-state index contributed by atoms with van der Waals surface area (Å²) in [6, 6.07) is 7.19. The normalized spacial score (nSPS) is 14.8. The summed E-state index contributed by atoms with van der Waals surface area (Å²) in [6.07, 6.45) is 3.04. The van der Waals surface area contributed by atoms with E-state index in [1.54, 1.807) is 12.4 Å². The Morgan fingerprint density at radius 2 is 2.05 bits per heavy atom. The number of nitrogens with zero attached hydrogens (tertiary/aromatic N) is 3. The standard InChI is InChI=1S/C16H13BrFN3O/c17-13-6-11-8-22-7-10-2-1-3-14(18)12(10)4-5-15(11)21-9-19-20-16(13)21/h1-3,6,9H,4-5,7-8H2. The lowest BCUT2D eigenvalue weighted by molar-refractivity contribution is 0.106. The SMILES string of the molecule is Fc1cccc2c1CCc1c(cc(Br)c3nncn13)COC2. The van der Waals surface area contributed by atoms with Crippen LogP contribution in [-0.2, 0) is 30.8 Å². The Bertz CT molecular complexity index is 862. The van der Waals surface area contributed by atoms with Gasteiger partial charge in [-0.3, -0.25) is 4.40 Å². The first-order chi connectivity index (χ1) is 10.7. The van der Waals surface area contributed by atoms with E-state index in [2.05, 4.69) is 26.1 Å². The van der Waals surface area contributed by atoms with Crippen molar-refractivity contribution < 1.29 is 9.13 Å². The molecule has 1 aliphatic rings. The summed E-state index contributed by atoms with van der Waals surface area (Å²) in [5.41, 5.74) is 4.57. The number of fused-ring (bicyclic) bond motifs is 4. The molecule has 0 N–H and O–H groups in total. The fourth-order valence-electron chi connectivity index (χ4n) is 2.99. The van der Waals surface area contributed by atoms with Gasteiger partial charge >= 0.3 is 0 Å². The van der Waals surface area contributed by atoms with Crippen LogP contribution in [0.3, 0.4) is 0 Å². The zero-order valence-corrected chi connectivity index (χ0v) is 13.3. The van der Waals surface area contributed by atoms with Crippen LogP contribution in [0, 0.1) is 5.82 Å². The number of aromatic nitrogens is 3. The lowest BCUT2D eigenvalue weighted by Crippen LogP contribution is -2.05. The molecule has 0 spiro atoms. The van der Waals surface area contributed by atoms with E-state index in [-0.39, 0.29) is 5.82 Å². The van der Waals surface area contributed by atoms with Crippen LogP contribution in [0.5, 0.6) is 0 Å². The van der Waals surface area contributed by atoms with Crippen LogP contribution in [-0.4, -0.2) is 14.6 Å². The number of pyridine rings is 1. The predicted molar refractivity (Wildman–Crippen MR) is 83.0 cm³/mol. The summed E-state index contributed by atoms with van der Waals surface area (Å²) in [4.78, 5) is 0. The number of rotatable bonds is 0. The van der Waals surface area contributed by atoms with Crippen molar-refractivity contribution in [3.05, 3.63) is 63.3 Å². The van der Waals surface area contributed by atoms with E-state index in [4.69, 9.17) is 4.74 Å². The second-order valence-electron chi connectivity index (χ2n) is 5.36. The molecule has 0 saturated heterocycles. The fraction of sp³-hybridized carbons (Fsp3) is 0.250. The van der Waals surface area contributed by atoms with E-state index in [0.717, 1.165) is 32.5 Å². The van der Waals surface area contributed by atoms with Crippen LogP contribution in [0.4, 0.5) is 4.39 Å². The molecule has 3 heterocycles. The number of benzene rings is 1. The Morgan fingerprint density at radius 3 is 2.95 bits per heavy atom. The molecule has 112 valence electrons. The highest BCUT2D eigenvalue weighted by Crippen LogP contribution is 2.26. The summed E-state index contributed by atoms with van der Waals surface area (Å²) < 4.78 is 22.8. The van der Waals surface area contributed by atoms with Crippen molar-refractivity contribution >= 4 is 21.6 Å². The molecule has 0 atom stereocenters. The van der Waals surface area contributed by atoms with Gasteiger partial charge in [-0.05, 0) is 57.6 Å². The summed E-state index contributed by atoms with van der Waals surface area (Å²) in [5, 5.41) is 8.09. The molecule has 1 aliphatic heterocycles. The van der Waals surface area contributed by atoms with Crippen LogP contribution >= 0.6 is 15.9 Å². The van der Waals surface area contributed by atoms with Gasteiger partial charge in [-0.25, -0.2) is 4.39 Å². The molecule has 6 heteroatoms. The molecule has 0 fully saturated rings. The minimum absolute atomic E-state index is 0.165. The maximum Gasteiger partial charge on any atom is 0.175 e. The van der Waals surface area contributed by atoms with Gasteiger partial charge in [0.05, 0.1) is 17.7 Å². The second kappa shape index (κ2) is 5.44. The average Bonchev–Trinajstić information content (AvgIpc) is 3.00. The second-order valence-corrected chi connectivity index (χ2v) is 6.21. The number of ether oxygens (including phenoxy) is 1. The maximum absolute atomic E-state index is 14.1. The monoisotopic (exact) mass is 361 g/mol. The summed E-state index contributed by atoms with van der Waals surface area (Å²) >= 11 is 3.52. The van der Waals surface area contributed by atoms with Gasteiger partial charge in [-0.15, -0.1) is 10.2 Å². The number of halogens is 2. The Labute approximate surface area is 135 Å². The van der Waals surface area contributed by atoms with Crippen molar-refractivity contribution in [3.8, 4) is 0 Å². The molecule has 4 nitrogen and oxygen atoms in total. The first kappa shape index (κ1) is 13.8. The third kappa shape index (κ3) is 2.23. The fourth-order valence-corrected chi connectivity index (χ4v) is 3.54. The first-order valence-electron chi connectivity index (χ1n) is 7.08. The Morgan fingerprint density at radius 1 is 1.18 bits per heavy atom. The third-order valence-corrected chi connectivity index (χ3v) is 4.65. The molecule has 0 radical (unpaired) electrons. The highest BCUT2D eigenvalue weighted by molar-refractivity contribution is 9.10. The van der Waals surface area contributed by atoms with Gasteiger partial charge in [-0.2, -0.15) is 0 Å². The van der Waals surface area contributed by atoms with Gasteiger partial charge in [0.2, 0.25) is 0 Å². The van der Waals surface area contributed by atoms with Gasteiger partial charge in [0.1, 0.15) is 12.1 Å². The number of hydrogen-bond acceptors (Lipinski definition) is 3. The molecule has 0 saturated carbocycles. The molecular formula is C16H13BrFN3O. The zero-order chi connectivity index (χ0) is 15.1. The highest BCUT2D eigenvalue weighted by atomic mass is 79.9. The lowest BCUT2D eigenvalue weighted by Gasteiger charge is -2.11. The van der Waals surface area contributed by atoms with Gasteiger partial charge in [0.15, 0.2) is 5.65 Å². The molecule has 4 rings (SSSR count). The molecule has 0 aliphatic carbocycles. The minimum Gasteiger partial charge on any atom is -0.372 e. The molecule has 0 amide bonds. The largest absolute Gasteiger partial charge is 0.372 e. The van der Waals surface area contributed by atoms with Crippen LogP contribution in [0.25, 0.3) is 5.65 Å². The van der Waals surface area contributed by atoms with Crippen molar-refractivity contribution in [1.29, 1.82) is 0 Å². The minimum atomic E-state index is -0.165. The number of hydrogen-bond donors (Lipinski definition) is 0. The Balaban J connectivity index is 1.84. The van der Waals surface area contributed by atoms with Crippen LogP contribution in [0.15, 0.2) is 35.1 Å². The molecule has 22 heavy (non-hydrogen) atoms. The van der Waals surface area contributed by atoms with Crippen molar-refractivity contribution in [3.63, 3.8) is 0 Å². The van der Waals surface area contributed by atoms with E-state index >= 15 is 0 Å². The van der Waals surface area contributed by atoms with Crippen molar-refractivity contribution in [2.45, 2.75) is 26.1 Å². The maximum atomic E-state index is 14.1. The van der Waals surface area contributed by atoms with E-state index < -0.39 is 0 Å². The van der Waals surface area contributed by atoms with Crippen molar-refractivity contribution in [1.82, 2.24) is 14.6 Å². The molecule has 1 aromatic carbocycles. The summed E-state index contributed by atoms with van der Waals surface area (Å²) in [6.45, 7) is 0.905. The van der Waals surface area contributed by atoms with Crippen molar-refractivity contribution in [2.24, 2.45) is 0 Å². The Hall–Kier alpha value is -1.79. The van der Waals surface area contributed by atoms with Gasteiger partial charge in [-0.1, -0.05) is 12.1 Å². The van der Waals surface area contributed by atoms with Crippen LogP contribution in [0.1, 0.15) is 22.4 Å². The van der Waals surface area contributed by atoms with Crippen LogP contribution < -0.4 is 0 Å². The lowest BCUT2D eigenvalue weighted by atomic mass is 10.0. The van der Waals surface area contributed by atoms with E-state index in [1.807, 2.05) is 16.5 Å². The van der Waals surface area contributed by atoms with Gasteiger partial charge < -0.3 is 4.74 Å². The zero-order valence-electron chi connectivity index (χ0n) is 11.7. The molecule has 0 bridgehead atoms. The summed E-state index contributed by atoms with van der Waals surface area (Å²) in [5.74, 6) is -0.165. The van der Waals surface area contributed by atoms with Gasteiger partial charge in [0, 0.05) is 5.69 Å². The quantitative estimate of drug-likeness (QED) is 0.615. The van der Waals surface area contributed by atoms with E-state index in [0.29, 0.717) is 26.1 Å². The average molecular weight is 362 g/mol. The smallest absolute Gasteiger partial charge is 0.175 e. The molecule has 0 unspecified atom stereocenters. The third-order valence-electron chi connectivity index (χ3n) is 4.07. The van der Waals surface area contributed by atoms with Crippen LogP contribution in [0.2, 0.25) is 0 Å². The topological polar surface area (TPSA) is 39.4 Å². The first-order valence-corrected chi connectivity index (χ1v) is 7.87. The Kier molecular flexibility index (Phi) is 3.43. The van der Waals surface area contributed by atoms with E-state index in [9.17, 15) is 4.39 Å². The van der Waals surface area contributed by atoms with E-state index in [1.165, 1.54) is 6.07 Å². The van der Waals surface area contributed by atoms with Gasteiger partial charge in [0.25, 0.3) is 0 Å². The summed E-state index contributed by atoms with van der Waals surface area (Å²) in [7, 11) is 0. The number of aryl methyl sites for hydroxylation is 1.